The summed E-state index contributed by atoms with van der Waals surface area (Å²) < 4.78 is 70.6. The zero-order valence-corrected chi connectivity index (χ0v) is 40.2. The highest BCUT2D eigenvalue weighted by Crippen LogP contribution is 2.38. The van der Waals surface area contributed by atoms with E-state index in [1.165, 1.54) is 14.0 Å². The number of allylic oxidation sites excluding steroid dienone is 6. The van der Waals surface area contributed by atoms with Gasteiger partial charge in [-0.2, -0.15) is 0 Å². The Bertz CT molecular complexity index is 1950. The van der Waals surface area contributed by atoms with Crippen molar-refractivity contribution in [1.29, 1.82) is 0 Å². The Morgan fingerprint density at radius 2 is 1.69 bits per heavy atom. The summed E-state index contributed by atoms with van der Waals surface area (Å²) in [5, 5.41) is 34.2. The van der Waals surface area contributed by atoms with Crippen LogP contribution in [-0.2, 0) is 42.9 Å². The maximum Gasteiger partial charge on any atom is 0.329 e. The minimum Gasteiger partial charge on any atom is -0.460 e. The van der Waals surface area contributed by atoms with Gasteiger partial charge in [-0.25, -0.2) is 4.79 Å². The number of fused-ring (bicyclic) bond motifs is 3. The fraction of sp³-hybridized carbons (Fsp3) is 0.731. The molecule has 1 saturated carbocycles. The van der Waals surface area contributed by atoms with E-state index in [9.17, 15) is 34.5 Å². The van der Waals surface area contributed by atoms with Crippen molar-refractivity contribution in [2.75, 3.05) is 27.8 Å². The third kappa shape index (κ3) is 14.4. The molecule has 0 radical (unpaired) electrons. The molecule has 1 aliphatic carbocycles. The van der Waals surface area contributed by atoms with Crippen LogP contribution in [0.25, 0.3) is 0 Å². The number of aliphatic hydroxyl groups excluding tert-OH is 2. The third-order valence-electron chi connectivity index (χ3n) is 14.2. The van der Waals surface area contributed by atoms with Crippen molar-refractivity contribution in [3.63, 3.8) is 0 Å². The van der Waals surface area contributed by atoms with Crippen molar-refractivity contribution >= 4 is 23.4 Å². The Balaban J connectivity index is 1.77. The van der Waals surface area contributed by atoms with Crippen LogP contribution in [0.4, 0.5) is 0 Å². The van der Waals surface area contributed by atoms with Gasteiger partial charge in [-0.1, -0.05) is 77.7 Å². The molecule has 2 saturated heterocycles. The fourth-order valence-electron chi connectivity index (χ4n) is 9.82. The van der Waals surface area contributed by atoms with E-state index >= 15 is 0 Å². The molecule has 366 valence electrons. The predicted octanol–water partition coefficient (Wildman–Crippen LogP) is 7.17. The van der Waals surface area contributed by atoms with Crippen molar-refractivity contribution in [2.24, 2.45) is 35.5 Å². The standard InChI is InChI=1S/C52H81NO12/c1-31-17-13-12-14-18-32(2)44(61-9)29-40-22-20-37(7)52(60,65-40)49(57)50(58)53-24-16-15-19-41(53)51(59)64-45(35(5)27-39-21-23-42(54)46(28-39)62-10)30-43(55)34(4)26-36(6)47(56)48(63-11)38(8)33(3)25-31/h12-14,17-18,26,31,33-35,37,39-42,44-48,54,56,60H,8,15-16,19-25,27-30H2,1-7,9-11H3/b14-12?,17-13+,32-18?,36-26+/t31-,33-,34-,35-,37-,39+,40+,41+,42-,44+,45+,46-,47-,48+,52-/m1/s1/i9D3,20D2. The lowest BCUT2D eigenvalue weighted by molar-refractivity contribution is -0.265. The molecule has 4 rings (SSSR count). The van der Waals surface area contributed by atoms with E-state index in [0.29, 0.717) is 61.7 Å². The number of piperidine rings is 1. The highest BCUT2D eigenvalue weighted by atomic mass is 16.6. The smallest absolute Gasteiger partial charge is 0.329 e. The summed E-state index contributed by atoms with van der Waals surface area (Å²) in [7, 11) is 0.150. The largest absolute Gasteiger partial charge is 0.460 e. The summed E-state index contributed by atoms with van der Waals surface area (Å²) in [6.45, 7) is 16.4. The number of hydrogen-bond donors (Lipinski definition) is 3. The lowest BCUT2D eigenvalue weighted by Crippen LogP contribution is -2.61. The molecule has 4 aliphatic rings. The molecule has 0 aromatic heterocycles. The lowest BCUT2D eigenvalue weighted by Gasteiger charge is -2.42. The van der Waals surface area contributed by atoms with Gasteiger partial charge in [0.1, 0.15) is 30.1 Å². The first kappa shape index (κ1) is 46.8. The Morgan fingerprint density at radius 3 is 2.38 bits per heavy atom. The summed E-state index contributed by atoms with van der Waals surface area (Å²) >= 11 is 0. The third-order valence-corrected chi connectivity index (χ3v) is 14.2. The van der Waals surface area contributed by atoms with Gasteiger partial charge in [0.2, 0.25) is 5.79 Å². The number of ketones is 2. The van der Waals surface area contributed by atoms with Crippen molar-refractivity contribution in [3.05, 3.63) is 59.8 Å². The molecule has 0 spiro atoms. The van der Waals surface area contributed by atoms with Crippen molar-refractivity contribution in [1.82, 2.24) is 4.90 Å². The molecule has 15 atom stereocenters. The maximum absolute atomic E-state index is 14.5. The number of nitrogens with zero attached hydrogens (tertiary/aromatic N) is 1. The quantitative estimate of drug-likeness (QED) is 0.139. The van der Waals surface area contributed by atoms with Crippen LogP contribution in [-0.4, -0.2) is 126 Å². The number of aliphatic hydroxyl groups is 3. The number of carbonyl (C=O) groups is 4. The molecule has 3 N–H and O–H groups in total. The Kier molecular flexibility index (Phi) is 18.1. The van der Waals surface area contributed by atoms with Gasteiger partial charge >= 0.3 is 5.97 Å². The number of carbonyl (C=O) groups excluding carboxylic acids is 4. The highest BCUT2D eigenvalue weighted by Gasteiger charge is 2.53. The second-order valence-electron chi connectivity index (χ2n) is 19.3. The number of esters is 1. The van der Waals surface area contributed by atoms with E-state index in [-0.39, 0.29) is 61.9 Å². The molecule has 2 bridgehead atoms. The fourth-order valence-corrected chi connectivity index (χ4v) is 9.82. The predicted molar refractivity (Wildman–Crippen MR) is 249 cm³/mol. The molecule has 3 aliphatic heterocycles. The first-order chi connectivity index (χ1) is 32.6. The zero-order chi connectivity index (χ0) is 52.5. The summed E-state index contributed by atoms with van der Waals surface area (Å²) in [5.74, 6) is -9.56. The monoisotopic (exact) mass is 917 g/mol. The molecular formula is C52H81NO12. The van der Waals surface area contributed by atoms with Crippen LogP contribution < -0.4 is 0 Å². The number of methoxy groups -OCH3 is 3. The molecule has 3 fully saturated rings. The minimum atomic E-state index is -3.01. The first-order valence-electron chi connectivity index (χ1n) is 26.1. The van der Waals surface area contributed by atoms with Crippen LogP contribution in [0, 0.1) is 35.5 Å². The summed E-state index contributed by atoms with van der Waals surface area (Å²) in [5.41, 5.74) is 1.59. The van der Waals surface area contributed by atoms with E-state index < -0.39 is 97.3 Å². The molecule has 0 unspecified atom stereocenters. The number of cyclic esters (lactones) is 1. The zero-order valence-electron chi connectivity index (χ0n) is 45.2. The van der Waals surface area contributed by atoms with Gasteiger partial charge in [0.15, 0.2) is 0 Å². The number of Topliss-reactive ketones (excluding diaryl/α,β-unsaturated/α-hetero) is 2. The highest BCUT2D eigenvalue weighted by molar-refractivity contribution is 6.39. The molecule has 0 aromatic carbocycles. The van der Waals surface area contributed by atoms with Crippen LogP contribution in [0.15, 0.2) is 59.8 Å². The van der Waals surface area contributed by atoms with Crippen LogP contribution in [0.2, 0.25) is 0 Å². The number of ether oxygens (including phenoxy) is 5. The normalized spacial score (nSPS) is 41.2. The van der Waals surface area contributed by atoms with E-state index in [1.807, 2.05) is 32.9 Å². The van der Waals surface area contributed by atoms with Gasteiger partial charge in [-0.05, 0) is 118 Å². The number of hydrogen-bond acceptors (Lipinski definition) is 12. The van der Waals surface area contributed by atoms with Gasteiger partial charge in [0, 0.05) is 55.2 Å². The molecule has 65 heavy (non-hydrogen) atoms. The van der Waals surface area contributed by atoms with Crippen LogP contribution >= 0.6 is 0 Å². The molecule has 0 aromatic rings. The van der Waals surface area contributed by atoms with Crippen LogP contribution in [0.3, 0.4) is 0 Å². The Labute approximate surface area is 395 Å². The second-order valence-corrected chi connectivity index (χ2v) is 19.3. The Morgan fingerprint density at radius 1 is 0.954 bits per heavy atom. The number of amides is 1. The molecule has 1 amide bonds. The molecule has 13 heteroatoms. The lowest BCUT2D eigenvalue weighted by atomic mass is 9.78. The molecular weight excluding hydrogens is 831 g/mol. The van der Waals surface area contributed by atoms with Gasteiger partial charge in [0.25, 0.3) is 11.7 Å². The average molecular weight is 917 g/mol. The van der Waals surface area contributed by atoms with Crippen molar-refractivity contribution in [3.8, 4) is 0 Å². The number of rotatable bonds is 6. The van der Waals surface area contributed by atoms with Gasteiger partial charge in [-0.3, -0.25) is 14.4 Å². The van der Waals surface area contributed by atoms with Crippen molar-refractivity contribution < 1.29 is 65.0 Å². The minimum absolute atomic E-state index is 0.0542. The van der Waals surface area contributed by atoms with Crippen LogP contribution in [0.5, 0.6) is 0 Å². The second kappa shape index (κ2) is 25.2. The van der Waals surface area contributed by atoms with E-state index in [4.69, 9.17) is 30.5 Å². The van der Waals surface area contributed by atoms with Crippen LogP contribution in [0.1, 0.15) is 132 Å². The Hall–Kier alpha value is -3.30. The van der Waals surface area contributed by atoms with E-state index in [2.05, 4.69) is 6.58 Å². The molecule has 3 heterocycles. The molecule has 13 nitrogen and oxygen atoms in total. The summed E-state index contributed by atoms with van der Waals surface area (Å²) in [4.78, 5) is 58.5. The van der Waals surface area contributed by atoms with E-state index in [1.54, 1.807) is 52.2 Å². The van der Waals surface area contributed by atoms with Gasteiger partial charge in [0.05, 0.1) is 28.5 Å². The maximum atomic E-state index is 14.5. The van der Waals surface area contributed by atoms with E-state index in [0.717, 1.165) is 4.90 Å². The average Bonchev–Trinajstić information content (AvgIpc) is 3.29. The topological polar surface area (TPSA) is 178 Å². The summed E-state index contributed by atoms with van der Waals surface area (Å²) in [6.07, 6.45) is 4.99. The van der Waals surface area contributed by atoms with Gasteiger partial charge in [-0.15, -0.1) is 0 Å². The SMILES string of the molecule is [2H]C([2H])([2H])O[C@H]1C[C@@H]2CC([2H])([2H])[C@@H](C)[C@@](O)(O2)C(=O)C(=O)N2CCCC[C@H]2C(=O)O[C@H]([C@H](C)C[C@@H]2CC[C@@H](O)[C@H](OC)C2)CC(=O)[C@H](C)/C=C(\C)[C@@H](O)[C@@H](OC)C(=C)[C@H](C)C[C@H](C)/C=C/C=CC=C1C. The van der Waals surface area contributed by atoms with Crippen molar-refractivity contribution in [2.45, 2.75) is 180 Å². The summed E-state index contributed by atoms with van der Waals surface area (Å²) in [6, 6.07) is -1.30. The van der Waals surface area contributed by atoms with Gasteiger partial charge < -0.3 is 43.9 Å². The first-order valence-corrected chi connectivity index (χ1v) is 23.6.